The number of nitrogens with one attached hydrogen (secondary N) is 1. The summed E-state index contributed by atoms with van der Waals surface area (Å²) in [5.41, 5.74) is -0.118. The van der Waals surface area contributed by atoms with E-state index in [2.05, 4.69) is 5.32 Å². The van der Waals surface area contributed by atoms with E-state index in [1.165, 1.54) is 19.1 Å². The second-order valence-electron chi connectivity index (χ2n) is 3.24. The summed E-state index contributed by atoms with van der Waals surface area (Å²) in [5.74, 6) is -0.478. The highest BCUT2D eigenvalue weighted by Crippen LogP contribution is 2.28. The maximum Gasteiger partial charge on any atom is 0.163 e. The van der Waals surface area contributed by atoms with E-state index in [1.807, 2.05) is 0 Å². The number of nitriles is 3. The van der Waals surface area contributed by atoms with Gasteiger partial charge in [-0.05, 0) is 19.1 Å². The van der Waals surface area contributed by atoms with Crippen molar-refractivity contribution in [3.05, 3.63) is 39.8 Å². The first-order valence-electron chi connectivity index (χ1n) is 4.71. The molecule has 0 aliphatic carbocycles. The SMILES string of the molecule is Cc1c(F)ccc(NC(C#N)=C(C#N)C#N)c1Cl. The molecule has 0 atom stereocenters. The first-order valence-corrected chi connectivity index (χ1v) is 5.09. The second kappa shape index (κ2) is 5.68. The molecule has 1 N–H and O–H groups in total. The van der Waals surface area contributed by atoms with Crippen molar-refractivity contribution in [2.24, 2.45) is 0 Å². The molecule has 4 nitrogen and oxygen atoms in total. The van der Waals surface area contributed by atoms with Crippen LogP contribution in [0.15, 0.2) is 23.4 Å². The zero-order valence-corrected chi connectivity index (χ0v) is 10.0. The highest BCUT2D eigenvalue weighted by Gasteiger charge is 2.11. The zero-order chi connectivity index (χ0) is 13.7. The third-order valence-electron chi connectivity index (χ3n) is 2.17. The second-order valence-corrected chi connectivity index (χ2v) is 3.62. The van der Waals surface area contributed by atoms with Crippen molar-refractivity contribution in [3.63, 3.8) is 0 Å². The molecule has 0 amide bonds. The Morgan fingerprint density at radius 3 is 2.33 bits per heavy atom. The van der Waals surface area contributed by atoms with Gasteiger partial charge in [0.25, 0.3) is 0 Å². The lowest BCUT2D eigenvalue weighted by molar-refractivity contribution is 0.619. The van der Waals surface area contributed by atoms with E-state index in [9.17, 15) is 4.39 Å². The van der Waals surface area contributed by atoms with Crippen molar-refractivity contribution in [1.29, 1.82) is 15.8 Å². The van der Waals surface area contributed by atoms with Gasteiger partial charge in [-0.25, -0.2) is 4.39 Å². The Morgan fingerprint density at radius 1 is 1.22 bits per heavy atom. The number of allylic oxidation sites excluding steroid dienone is 2. The Balaban J connectivity index is 3.26. The standard InChI is InChI=1S/C12H6ClFN4/c1-7-9(14)2-3-10(12(7)13)18-11(6-17)8(4-15)5-16/h2-3,18H,1H3. The molecule has 1 rings (SSSR count). The minimum atomic E-state index is -0.478. The van der Waals surface area contributed by atoms with Gasteiger partial charge in [0.1, 0.15) is 29.7 Å². The van der Waals surface area contributed by atoms with E-state index in [0.29, 0.717) is 0 Å². The number of rotatable bonds is 2. The summed E-state index contributed by atoms with van der Waals surface area (Å²) in [6.07, 6.45) is 0. The van der Waals surface area contributed by atoms with E-state index in [1.54, 1.807) is 18.2 Å². The molecule has 1 aromatic carbocycles. The molecule has 0 saturated carbocycles. The zero-order valence-electron chi connectivity index (χ0n) is 9.25. The van der Waals surface area contributed by atoms with Crippen LogP contribution in [0.3, 0.4) is 0 Å². The molecule has 0 saturated heterocycles. The van der Waals surface area contributed by atoms with Crippen LogP contribution in [0.2, 0.25) is 5.02 Å². The maximum absolute atomic E-state index is 13.2. The first kappa shape index (κ1) is 13.5. The van der Waals surface area contributed by atoms with Crippen LogP contribution < -0.4 is 5.32 Å². The van der Waals surface area contributed by atoms with Crippen LogP contribution in [0.4, 0.5) is 10.1 Å². The van der Waals surface area contributed by atoms with Gasteiger partial charge in [-0.1, -0.05) is 11.6 Å². The minimum Gasteiger partial charge on any atom is -0.344 e. The summed E-state index contributed by atoms with van der Waals surface area (Å²) in [6, 6.07) is 7.36. The van der Waals surface area contributed by atoms with E-state index in [-0.39, 0.29) is 27.5 Å². The van der Waals surface area contributed by atoms with Crippen LogP contribution in [0.25, 0.3) is 0 Å². The Morgan fingerprint density at radius 2 is 1.83 bits per heavy atom. The van der Waals surface area contributed by atoms with Crippen LogP contribution >= 0.6 is 11.6 Å². The molecule has 1 aromatic rings. The van der Waals surface area contributed by atoms with Crippen molar-refractivity contribution in [1.82, 2.24) is 0 Å². The minimum absolute atomic E-state index is 0.0954. The maximum atomic E-state index is 13.2. The lowest BCUT2D eigenvalue weighted by Crippen LogP contribution is -2.02. The van der Waals surface area contributed by atoms with Crippen LogP contribution in [-0.4, -0.2) is 0 Å². The van der Waals surface area contributed by atoms with Gasteiger partial charge in [-0.15, -0.1) is 0 Å². The molecule has 0 bridgehead atoms. The molecule has 0 heterocycles. The summed E-state index contributed by atoms with van der Waals surface area (Å²) in [7, 11) is 0. The molecular weight excluding hydrogens is 255 g/mol. The number of halogens is 2. The Kier molecular flexibility index (Phi) is 4.27. The smallest absolute Gasteiger partial charge is 0.163 e. The molecule has 0 aromatic heterocycles. The van der Waals surface area contributed by atoms with Crippen molar-refractivity contribution < 1.29 is 4.39 Å². The number of hydrogen-bond donors (Lipinski definition) is 1. The van der Waals surface area contributed by atoms with E-state index < -0.39 is 5.82 Å². The fraction of sp³-hybridized carbons (Fsp3) is 0.0833. The molecule has 0 spiro atoms. The summed E-state index contributed by atoms with van der Waals surface area (Å²) < 4.78 is 13.2. The molecule has 0 aliphatic heterocycles. The molecule has 0 radical (unpaired) electrons. The van der Waals surface area contributed by atoms with Gasteiger partial charge in [0.2, 0.25) is 0 Å². The van der Waals surface area contributed by atoms with Crippen molar-refractivity contribution in [2.45, 2.75) is 6.92 Å². The number of anilines is 1. The Bertz CT molecular complexity index is 628. The van der Waals surface area contributed by atoms with Crippen molar-refractivity contribution >= 4 is 17.3 Å². The van der Waals surface area contributed by atoms with Crippen LogP contribution in [0.5, 0.6) is 0 Å². The fourth-order valence-electron chi connectivity index (χ4n) is 1.18. The summed E-state index contributed by atoms with van der Waals surface area (Å²) in [4.78, 5) is 0. The lowest BCUT2D eigenvalue weighted by atomic mass is 10.2. The topological polar surface area (TPSA) is 83.4 Å². The average Bonchev–Trinajstić information content (AvgIpc) is 2.38. The Hall–Kier alpha value is -2.55. The largest absolute Gasteiger partial charge is 0.344 e. The summed E-state index contributed by atoms with van der Waals surface area (Å²) >= 11 is 5.89. The predicted molar refractivity (Wildman–Crippen MR) is 63.6 cm³/mol. The van der Waals surface area contributed by atoms with E-state index in [4.69, 9.17) is 27.4 Å². The van der Waals surface area contributed by atoms with Gasteiger partial charge < -0.3 is 5.32 Å². The molecule has 0 unspecified atom stereocenters. The quantitative estimate of drug-likeness (QED) is 0.829. The molecule has 0 fully saturated rings. The number of benzene rings is 1. The third kappa shape index (κ3) is 2.58. The average molecular weight is 261 g/mol. The van der Waals surface area contributed by atoms with E-state index >= 15 is 0 Å². The van der Waals surface area contributed by atoms with Gasteiger partial charge in [0.05, 0.1) is 10.7 Å². The number of hydrogen-bond acceptors (Lipinski definition) is 4. The predicted octanol–water partition coefficient (Wildman–Crippen LogP) is 3.02. The highest BCUT2D eigenvalue weighted by atomic mass is 35.5. The molecular formula is C12H6ClFN4. The van der Waals surface area contributed by atoms with Gasteiger partial charge in [0, 0.05) is 5.56 Å². The van der Waals surface area contributed by atoms with Crippen LogP contribution in [-0.2, 0) is 0 Å². The van der Waals surface area contributed by atoms with E-state index in [0.717, 1.165) is 0 Å². The summed E-state index contributed by atoms with van der Waals surface area (Å²) in [5, 5.41) is 28.8. The molecule has 88 valence electrons. The van der Waals surface area contributed by atoms with Gasteiger partial charge in [0.15, 0.2) is 5.57 Å². The normalized spacial score (nSPS) is 8.67. The van der Waals surface area contributed by atoms with Crippen molar-refractivity contribution in [2.75, 3.05) is 5.32 Å². The van der Waals surface area contributed by atoms with Crippen LogP contribution in [0.1, 0.15) is 5.56 Å². The van der Waals surface area contributed by atoms with Gasteiger partial charge >= 0.3 is 0 Å². The molecule has 6 heteroatoms. The van der Waals surface area contributed by atoms with Gasteiger partial charge in [-0.3, -0.25) is 0 Å². The molecule has 18 heavy (non-hydrogen) atoms. The van der Waals surface area contributed by atoms with Gasteiger partial charge in [-0.2, -0.15) is 15.8 Å². The van der Waals surface area contributed by atoms with Crippen LogP contribution in [0, 0.1) is 46.7 Å². The lowest BCUT2D eigenvalue weighted by Gasteiger charge is -2.09. The summed E-state index contributed by atoms with van der Waals surface area (Å²) in [6.45, 7) is 1.48. The van der Waals surface area contributed by atoms with Crippen molar-refractivity contribution in [3.8, 4) is 18.2 Å². The molecule has 0 aliphatic rings. The fourth-order valence-corrected chi connectivity index (χ4v) is 1.38. The first-order chi connectivity index (χ1) is 8.54. The monoisotopic (exact) mass is 260 g/mol. The highest BCUT2D eigenvalue weighted by molar-refractivity contribution is 6.34. The number of nitrogens with zero attached hydrogens (tertiary/aromatic N) is 3. The third-order valence-corrected chi connectivity index (χ3v) is 2.65. The Labute approximate surface area is 108 Å².